The lowest BCUT2D eigenvalue weighted by molar-refractivity contribution is 0.272. The number of H-pyrrole nitrogens is 1. The van der Waals surface area contributed by atoms with Gasteiger partial charge in [0.25, 0.3) is 5.56 Å². The molecule has 1 aliphatic heterocycles. The first-order chi connectivity index (χ1) is 11.2. The van der Waals surface area contributed by atoms with E-state index in [2.05, 4.69) is 22.2 Å². The van der Waals surface area contributed by atoms with Gasteiger partial charge in [-0.1, -0.05) is 13.3 Å². The zero-order valence-electron chi connectivity index (χ0n) is 13.4. The molecule has 3 rings (SSSR count). The first-order valence-electron chi connectivity index (χ1n) is 7.99. The Hall–Kier alpha value is -2.50. The number of nitrogens with one attached hydrogen (secondary N) is 2. The van der Waals surface area contributed by atoms with Gasteiger partial charge >= 0.3 is 0 Å². The Kier molecular flexibility index (Phi) is 4.50. The van der Waals surface area contributed by atoms with E-state index in [-0.39, 0.29) is 5.56 Å². The van der Waals surface area contributed by atoms with E-state index in [1.54, 1.807) is 0 Å². The third-order valence-corrected chi connectivity index (χ3v) is 3.79. The van der Waals surface area contributed by atoms with E-state index in [4.69, 9.17) is 9.47 Å². The second-order valence-electron chi connectivity index (χ2n) is 5.45. The van der Waals surface area contributed by atoms with Crippen molar-refractivity contribution in [3.8, 4) is 11.5 Å². The van der Waals surface area contributed by atoms with E-state index in [0.717, 1.165) is 29.8 Å². The van der Waals surface area contributed by atoms with Gasteiger partial charge in [-0.15, -0.1) is 0 Å². The fourth-order valence-electron chi connectivity index (χ4n) is 2.59. The van der Waals surface area contributed by atoms with Crippen LogP contribution < -0.4 is 20.3 Å². The van der Waals surface area contributed by atoms with Gasteiger partial charge in [0.15, 0.2) is 11.5 Å². The quantitative estimate of drug-likeness (QED) is 0.684. The van der Waals surface area contributed by atoms with Gasteiger partial charge in [0.2, 0.25) is 0 Å². The summed E-state index contributed by atoms with van der Waals surface area (Å²) in [6, 6.07) is 3.88. The highest BCUT2D eigenvalue weighted by atomic mass is 16.5. The minimum Gasteiger partial charge on any atom is -0.490 e. The average Bonchev–Trinajstić information content (AvgIpc) is 2.55. The van der Waals surface area contributed by atoms with Gasteiger partial charge in [-0.05, 0) is 25.0 Å². The Morgan fingerprint density at radius 3 is 2.83 bits per heavy atom. The van der Waals surface area contributed by atoms with Gasteiger partial charge in [0.1, 0.15) is 5.82 Å². The molecule has 0 aliphatic carbocycles. The summed E-state index contributed by atoms with van der Waals surface area (Å²) in [5.74, 6) is 2.04. The van der Waals surface area contributed by atoms with Gasteiger partial charge in [-0.3, -0.25) is 4.79 Å². The summed E-state index contributed by atoms with van der Waals surface area (Å²) in [6.07, 6.45) is 4.01. The van der Waals surface area contributed by atoms with Crippen molar-refractivity contribution in [3.05, 3.63) is 39.9 Å². The number of aromatic nitrogens is 2. The third-order valence-electron chi connectivity index (χ3n) is 3.79. The highest BCUT2D eigenvalue weighted by Crippen LogP contribution is 2.38. The van der Waals surface area contributed by atoms with Gasteiger partial charge < -0.3 is 19.8 Å². The molecule has 1 aromatic carbocycles. The van der Waals surface area contributed by atoms with Crippen molar-refractivity contribution < 1.29 is 9.47 Å². The lowest BCUT2D eigenvalue weighted by Crippen LogP contribution is -2.20. The fourth-order valence-corrected chi connectivity index (χ4v) is 2.59. The highest BCUT2D eigenvalue weighted by molar-refractivity contribution is 5.71. The van der Waals surface area contributed by atoms with Crippen LogP contribution in [0, 0.1) is 0 Å². The molecule has 1 aromatic heterocycles. The molecule has 0 amide bonds. The molecule has 0 atom stereocenters. The van der Waals surface area contributed by atoms with Gasteiger partial charge in [-0.2, -0.15) is 0 Å². The predicted molar refractivity (Wildman–Crippen MR) is 89.0 cm³/mol. The topological polar surface area (TPSA) is 76.2 Å². The molecule has 0 bridgehead atoms. The number of aromatic amines is 1. The first kappa shape index (κ1) is 15.4. The molecule has 0 saturated heterocycles. The summed E-state index contributed by atoms with van der Waals surface area (Å²) in [6.45, 7) is 5.29. The van der Waals surface area contributed by atoms with Crippen molar-refractivity contribution in [2.24, 2.45) is 0 Å². The molecule has 2 N–H and O–H groups in total. The van der Waals surface area contributed by atoms with Gasteiger partial charge in [0, 0.05) is 18.2 Å². The van der Waals surface area contributed by atoms with Crippen molar-refractivity contribution in [1.29, 1.82) is 0 Å². The number of nitrogens with zero attached hydrogens (tertiary/aromatic N) is 1. The van der Waals surface area contributed by atoms with Crippen LogP contribution in [0.4, 0.5) is 11.5 Å². The highest BCUT2D eigenvalue weighted by Gasteiger charge is 2.21. The minimum absolute atomic E-state index is 0.116. The predicted octanol–water partition coefficient (Wildman–Crippen LogP) is 3.00. The second kappa shape index (κ2) is 6.73. The van der Waals surface area contributed by atoms with E-state index < -0.39 is 0 Å². The van der Waals surface area contributed by atoms with Gasteiger partial charge in [0.05, 0.1) is 25.1 Å². The van der Waals surface area contributed by atoms with Crippen molar-refractivity contribution in [1.82, 2.24) is 9.97 Å². The molecule has 0 unspecified atom stereocenters. The minimum atomic E-state index is -0.116. The Morgan fingerprint density at radius 2 is 2.04 bits per heavy atom. The number of fused-ring (bicyclic) bond motifs is 2. The Balaban J connectivity index is 1.94. The summed E-state index contributed by atoms with van der Waals surface area (Å²) >= 11 is 0. The molecule has 23 heavy (non-hydrogen) atoms. The van der Waals surface area contributed by atoms with E-state index in [1.165, 1.54) is 6.33 Å². The standard InChI is InChI=1S/C17H21N3O3/c1-3-5-6-23-15-9-13-11(8-14(15)22-4-2)7-12-16(20-13)18-10-19-17(12)21/h8-10H,3-7H2,1-2H3,(H2,18,19,20,21). The summed E-state index contributed by atoms with van der Waals surface area (Å²) in [7, 11) is 0. The largest absolute Gasteiger partial charge is 0.490 e. The zero-order chi connectivity index (χ0) is 16.2. The van der Waals surface area contributed by atoms with Gasteiger partial charge in [-0.25, -0.2) is 4.98 Å². The first-order valence-corrected chi connectivity index (χ1v) is 7.99. The molecule has 2 heterocycles. The van der Waals surface area contributed by atoms with Crippen molar-refractivity contribution in [2.75, 3.05) is 18.5 Å². The third kappa shape index (κ3) is 3.16. The van der Waals surface area contributed by atoms with E-state index in [9.17, 15) is 4.79 Å². The van der Waals surface area contributed by atoms with E-state index in [0.29, 0.717) is 36.8 Å². The molecular weight excluding hydrogens is 294 g/mol. The molecular formula is C17H21N3O3. The lowest BCUT2D eigenvalue weighted by Gasteiger charge is -2.22. The lowest BCUT2D eigenvalue weighted by atomic mass is 10.00. The second-order valence-corrected chi connectivity index (χ2v) is 5.45. The Labute approximate surface area is 134 Å². The monoisotopic (exact) mass is 315 g/mol. The van der Waals surface area contributed by atoms with Crippen molar-refractivity contribution in [3.63, 3.8) is 0 Å². The fraction of sp³-hybridized carbons (Fsp3) is 0.412. The maximum atomic E-state index is 11.9. The van der Waals surface area contributed by atoms with Crippen LogP contribution in [0.25, 0.3) is 0 Å². The van der Waals surface area contributed by atoms with Crippen LogP contribution in [-0.4, -0.2) is 23.2 Å². The summed E-state index contributed by atoms with van der Waals surface area (Å²) in [5, 5.41) is 3.21. The molecule has 2 aromatic rings. The number of unbranched alkanes of at least 4 members (excludes halogenated alkanes) is 1. The maximum absolute atomic E-state index is 11.9. The number of benzene rings is 1. The molecule has 0 saturated carbocycles. The SMILES string of the molecule is CCCCOc1cc2c(cc1OCC)Cc1c(nc[nH]c1=O)N2. The molecule has 1 aliphatic rings. The van der Waals surface area contributed by atoms with Crippen LogP contribution in [-0.2, 0) is 6.42 Å². The van der Waals surface area contributed by atoms with Crippen molar-refractivity contribution in [2.45, 2.75) is 33.1 Å². The zero-order valence-corrected chi connectivity index (χ0v) is 13.4. The van der Waals surface area contributed by atoms with Crippen LogP contribution in [0.3, 0.4) is 0 Å². The molecule has 0 spiro atoms. The molecule has 0 fully saturated rings. The number of rotatable bonds is 6. The number of hydrogen-bond donors (Lipinski definition) is 2. The normalized spacial score (nSPS) is 12.1. The molecule has 122 valence electrons. The number of anilines is 2. The smallest absolute Gasteiger partial charge is 0.256 e. The Bertz CT molecular complexity index is 755. The van der Waals surface area contributed by atoms with E-state index in [1.807, 2.05) is 19.1 Å². The average molecular weight is 315 g/mol. The van der Waals surface area contributed by atoms with Crippen LogP contribution in [0.15, 0.2) is 23.3 Å². The molecule has 6 heteroatoms. The number of ether oxygens (including phenoxy) is 2. The van der Waals surface area contributed by atoms with Crippen LogP contribution in [0.5, 0.6) is 11.5 Å². The summed E-state index contributed by atoms with van der Waals surface area (Å²) in [5.41, 5.74) is 2.43. The maximum Gasteiger partial charge on any atom is 0.256 e. The summed E-state index contributed by atoms with van der Waals surface area (Å²) < 4.78 is 11.6. The molecule has 6 nitrogen and oxygen atoms in total. The number of hydrogen-bond acceptors (Lipinski definition) is 5. The molecule has 0 radical (unpaired) electrons. The van der Waals surface area contributed by atoms with Crippen molar-refractivity contribution >= 4 is 11.5 Å². The Morgan fingerprint density at radius 1 is 1.22 bits per heavy atom. The van der Waals surface area contributed by atoms with E-state index >= 15 is 0 Å². The van der Waals surface area contributed by atoms with Crippen LogP contribution >= 0.6 is 0 Å². The van der Waals surface area contributed by atoms with Crippen LogP contribution in [0.1, 0.15) is 37.8 Å². The summed E-state index contributed by atoms with van der Waals surface area (Å²) in [4.78, 5) is 18.8. The van der Waals surface area contributed by atoms with Crippen LogP contribution in [0.2, 0.25) is 0 Å².